The van der Waals surface area contributed by atoms with Crippen molar-refractivity contribution in [3.63, 3.8) is 0 Å². The Labute approximate surface area is 350 Å². The molecule has 16 heteroatoms. The molecule has 4 aliphatic heterocycles. The summed E-state index contributed by atoms with van der Waals surface area (Å²) >= 11 is 0. The van der Waals surface area contributed by atoms with Crippen LogP contribution in [0.25, 0.3) is 0 Å². The lowest BCUT2D eigenvalue weighted by Crippen LogP contribution is -2.43. The van der Waals surface area contributed by atoms with Gasteiger partial charge in [0, 0.05) is 78.5 Å². The van der Waals surface area contributed by atoms with Crippen LogP contribution >= 0.6 is 0 Å². The molecule has 0 aromatic rings. The summed E-state index contributed by atoms with van der Waals surface area (Å²) in [5, 5.41) is 9.12. The van der Waals surface area contributed by atoms with Crippen molar-refractivity contribution in [2.75, 3.05) is 157 Å². The number of esters is 1. The van der Waals surface area contributed by atoms with Crippen molar-refractivity contribution in [1.82, 2.24) is 39.2 Å². The largest absolute Gasteiger partial charge is 0.480 e. The summed E-state index contributed by atoms with van der Waals surface area (Å²) < 4.78 is 10.5. The maximum absolute atomic E-state index is 12.4. The molecule has 336 valence electrons. The quantitative estimate of drug-likeness (QED) is 0.280. The van der Waals surface area contributed by atoms with E-state index in [-0.39, 0.29) is 18.7 Å². The monoisotopic (exact) mass is 825 g/mol. The van der Waals surface area contributed by atoms with Gasteiger partial charge in [0.1, 0.15) is 12.3 Å². The summed E-state index contributed by atoms with van der Waals surface area (Å²) in [6, 6.07) is 0. The van der Waals surface area contributed by atoms with Crippen LogP contribution in [-0.4, -0.2) is 232 Å². The Morgan fingerprint density at radius 3 is 1.26 bits per heavy atom. The van der Waals surface area contributed by atoms with Crippen LogP contribution in [0.4, 0.5) is 0 Å². The topological polar surface area (TPSA) is 150 Å². The molecule has 4 aliphatic rings. The van der Waals surface area contributed by atoms with Crippen molar-refractivity contribution in [2.24, 2.45) is 5.41 Å². The predicted octanol–water partition coefficient (Wildman–Crippen LogP) is 1.80. The van der Waals surface area contributed by atoms with Crippen LogP contribution in [-0.2, 0) is 33.4 Å². The minimum atomic E-state index is -0.745. The first-order valence-corrected chi connectivity index (χ1v) is 21.9. The van der Waals surface area contributed by atoms with Crippen molar-refractivity contribution < 1.29 is 38.6 Å². The van der Waals surface area contributed by atoms with Gasteiger partial charge in [-0.05, 0) is 124 Å². The molecule has 4 saturated heterocycles. The number of carbonyl (C=O) groups excluding carboxylic acids is 4. The Morgan fingerprint density at radius 1 is 0.534 bits per heavy atom. The number of nitrogens with zero attached hydrogens (tertiary/aromatic N) is 8. The van der Waals surface area contributed by atoms with Crippen LogP contribution in [0.2, 0.25) is 0 Å². The van der Waals surface area contributed by atoms with Gasteiger partial charge in [0.2, 0.25) is 0 Å². The van der Waals surface area contributed by atoms with Crippen LogP contribution in [0.1, 0.15) is 80.1 Å². The summed E-state index contributed by atoms with van der Waals surface area (Å²) in [4.78, 5) is 69.6. The second kappa shape index (κ2) is 28.9. The standard InChI is InChI=1S/C24H48N4O2.C17H32N4O4.CO2/c1-23(2,3)21-28-15-9-13-25-10-7-11-26(17-19-28)12-8-14-27(18-16-25)20-22(29)30-24(4,5)6;22-16-25-15-21-9-3-7-18-4-1-5-19(11-13-21)6-2-8-20(12-10-18)14-17(23)24;2-1-3/h7-21H2,1-6H3;16H,1-15H2,(H,23,24);. The highest BCUT2D eigenvalue weighted by Crippen LogP contribution is 2.17. The molecule has 0 saturated carbocycles. The summed E-state index contributed by atoms with van der Waals surface area (Å²) in [6.07, 6.45) is 6.98. The number of carboxylic acid groups (broad SMARTS) is 1. The van der Waals surface area contributed by atoms with Gasteiger partial charge in [-0.1, -0.05) is 20.8 Å². The SMILES string of the molecule is CC(C)(C)CN1CCCN2CCCN(CCCN(CC(=O)OC(C)(C)C)CC2)CC1.O=C=O.O=COCN1CCCN2CCCN(CCCN(CC(=O)O)CC2)CC1. The number of hydrogen-bond donors (Lipinski definition) is 1. The van der Waals surface area contributed by atoms with E-state index in [2.05, 4.69) is 60.0 Å². The Balaban J connectivity index is 0.000000380. The molecule has 4 bridgehead atoms. The van der Waals surface area contributed by atoms with E-state index in [4.69, 9.17) is 24.2 Å². The molecule has 4 fully saturated rings. The first-order valence-electron chi connectivity index (χ1n) is 21.9. The smallest absolute Gasteiger partial charge is 0.373 e. The highest BCUT2D eigenvalue weighted by molar-refractivity contribution is 5.72. The van der Waals surface area contributed by atoms with E-state index in [1.54, 1.807) is 0 Å². The average Bonchev–Trinajstić information content (AvgIpc) is 3.24. The predicted molar refractivity (Wildman–Crippen MR) is 224 cm³/mol. The number of fused-ring (bicyclic) bond motifs is 8. The van der Waals surface area contributed by atoms with Crippen LogP contribution in [0, 0.1) is 5.41 Å². The fourth-order valence-corrected chi connectivity index (χ4v) is 8.19. The molecule has 4 unspecified atom stereocenters. The Hall–Kier alpha value is -2.53. The van der Waals surface area contributed by atoms with Gasteiger partial charge >= 0.3 is 18.1 Å². The molecule has 4 atom stereocenters. The first kappa shape index (κ1) is 51.6. The molecule has 0 spiro atoms. The minimum absolute atomic E-state index is 0.0975. The minimum Gasteiger partial charge on any atom is -0.480 e. The molecule has 0 aromatic carbocycles. The summed E-state index contributed by atoms with van der Waals surface area (Å²) in [6.45, 7) is 36.0. The zero-order valence-corrected chi connectivity index (χ0v) is 37.2. The van der Waals surface area contributed by atoms with Crippen LogP contribution in [0.3, 0.4) is 0 Å². The van der Waals surface area contributed by atoms with Gasteiger partial charge in [0.15, 0.2) is 0 Å². The number of ether oxygens (including phenoxy) is 2. The van der Waals surface area contributed by atoms with E-state index in [9.17, 15) is 14.4 Å². The van der Waals surface area contributed by atoms with Gasteiger partial charge in [0.05, 0.1) is 13.1 Å². The van der Waals surface area contributed by atoms with Crippen molar-refractivity contribution in [1.29, 1.82) is 0 Å². The number of rotatable bonds is 8. The average molecular weight is 825 g/mol. The molecule has 4 heterocycles. The van der Waals surface area contributed by atoms with Crippen LogP contribution in [0.15, 0.2) is 0 Å². The third-order valence-electron chi connectivity index (χ3n) is 10.8. The lowest BCUT2D eigenvalue weighted by Gasteiger charge is -2.33. The van der Waals surface area contributed by atoms with Crippen molar-refractivity contribution in [3.05, 3.63) is 0 Å². The highest BCUT2D eigenvalue weighted by Gasteiger charge is 2.23. The van der Waals surface area contributed by atoms with Crippen molar-refractivity contribution in [3.8, 4) is 0 Å². The van der Waals surface area contributed by atoms with E-state index in [1.807, 2.05) is 20.8 Å². The van der Waals surface area contributed by atoms with Crippen LogP contribution < -0.4 is 0 Å². The van der Waals surface area contributed by atoms with E-state index in [0.29, 0.717) is 25.2 Å². The molecule has 16 nitrogen and oxygen atoms in total. The molecule has 0 aromatic heterocycles. The molecule has 1 N–H and O–H groups in total. The summed E-state index contributed by atoms with van der Waals surface area (Å²) in [5.41, 5.74) is -0.0667. The highest BCUT2D eigenvalue weighted by atomic mass is 16.6. The fraction of sp³-hybridized carbons (Fsp3) is 0.905. The molecule has 0 radical (unpaired) electrons. The lowest BCUT2D eigenvalue weighted by molar-refractivity contribution is -0.191. The maximum atomic E-state index is 12.4. The third-order valence-corrected chi connectivity index (χ3v) is 10.8. The van der Waals surface area contributed by atoms with Gasteiger partial charge < -0.3 is 39.1 Å². The van der Waals surface area contributed by atoms with E-state index in [0.717, 1.165) is 137 Å². The van der Waals surface area contributed by atoms with E-state index >= 15 is 0 Å². The van der Waals surface area contributed by atoms with Gasteiger partial charge in [0.25, 0.3) is 6.47 Å². The molecule has 58 heavy (non-hydrogen) atoms. The van der Waals surface area contributed by atoms with E-state index in [1.165, 1.54) is 39.0 Å². The Bertz CT molecular complexity index is 1180. The van der Waals surface area contributed by atoms with Gasteiger partial charge in [-0.15, -0.1) is 0 Å². The molecular weight excluding hydrogens is 745 g/mol. The maximum Gasteiger partial charge on any atom is 0.373 e. The molecule has 0 aliphatic carbocycles. The van der Waals surface area contributed by atoms with Gasteiger partial charge in [-0.3, -0.25) is 29.1 Å². The summed E-state index contributed by atoms with van der Waals surface area (Å²) in [7, 11) is 0. The summed E-state index contributed by atoms with van der Waals surface area (Å²) in [5.74, 6) is -0.843. The Morgan fingerprint density at radius 2 is 0.879 bits per heavy atom. The lowest BCUT2D eigenvalue weighted by atomic mass is 9.96. The van der Waals surface area contributed by atoms with Crippen molar-refractivity contribution in [2.45, 2.75) is 85.7 Å². The zero-order valence-electron chi connectivity index (χ0n) is 37.2. The molecule has 0 amide bonds. The fourth-order valence-electron chi connectivity index (χ4n) is 8.19. The number of carbonyl (C=O) groups is 3. The van der Waals surface area contributed by atoms with E-state index < -0.39 is 11.6 Å². The van der Waals surface area contributed by atoms with Crippen LogP contribution in [0.5, 0.6) is 0 Å². The molecular formula is C42H80N8O8. The van der Waals surface area contributed by atoms with Crippen molar-refractivity contribution >= 4 is 24.6 Å². The third kappa shape index (κ3) is 25.8. The second-order valence-corrected chi connectivity index (χ2v) is 18.5. The first-order chi connectivity index (χ1) is 27.6. The molecule has 4 rings (SSSR count). The number of aliphatic carboxylic acids is 1. The zero-order chi connectivity index (χ0) is 42.8. The normalized spacial score (nSPS) is 26.0. The second-order valence-electron chi connectivity index (χ2n) is 18.5. The Kier molecular flexibility index (Phi) is 25.7. The van der Waals surface area contributed by atoms with Gasteiger partial charge in [-0.25, -0.2) is 0 Å². The number of hydrogen-bond acceptors (Lipinski definition) is 15. The number of carboxylic acids is 1. The van der Waals surface area contributed by atoms with Gasteiger partial charge in [-0.2, -0.15) is 9.59 Å².